The van der Waals surface area contributed by atoms with E-state index in [4.69, 9.17) is 0 Å². The van der Waals surface area contributed by atoms with Crippen LogP contribution in [-0.2, 0) is 0 Å². The first-order valence-corrected chi connectivity index (χ1v) is 4.39. The molecule has 0 aliphatic heterocycles. The minimum Gasteiger partial charge on any atom is -0.353 e. The van der Waals surface area contributed by atoms with Crippen molar-refractivity contribution in [2.45, 2.75) is 13.8 Å². The number of anilines is 1. The van der Waals surface area contributed by atoms with Crippen LogP contribution in [0.25, 0.3) is 0 Å². The first kappa shape index (κ1) is 11.0. The van der Waals surface area contributed by atoms with Crippen molar-refractivity contribution in [1.82, 2.24) is 4.98 Å². The third kappa shape index (κ3) is 2.95. The third-order valence-electron chi connectivity index (χ3n) is 1.72. The van der Waals surface area contributed by atoms with Gasteiger partial charge in [0.05, 0.1) is 11.5 Å². The molecule has 5 nitrogen and oxygen atoms in total. The fraction of sp³-hybridized carbons (Fsp3) is 0.300. The number of nitrogens with one attached hydrogen (secondary N) is 1. The van der Waals surface area contributed by atoms with Crippen LogP contribution in [-0.4, -0.2) is 16.5 Å². The fourth-order valence-electron chi connectivity index (χ4n) is 1.05. The molecule has 1 N–H and O–H groups in total. The first-order chi connectivity index (χ1) is 7.15. The predicted molar refractivity (Wildman–Crippen MR) is 57.6 cm³/mol. The van der Waals surface area contributed by atoms with Crippen molar-refractivity contribution in [1.29, 1.82) is 0 Å². The molecule has 0 radical (unpaired) electrons. The highest BCUT2D eigenvalue weighted by Crippen LogP contribution is 2.21. The predicted octanol–water partition coefficient (Wildman–Crippen LogP) is 1.73. The number of aryl methyl sites for hydroxylation is 1. The molecular formula is C10H11N3O2. The van der Waals surface area contributed by atoms with Gasteiger partial charge in [0.25, 0.3) is 0 Å². The minimum absolute atomic E-state index is 0.0205. The topological polar surface area (TPSA) is 68.1 Å². The Hall–Kier alpha value is -2.09. The van der Waals surface area contributed by atoms with Crippen LogP contribution in [0.3, 0.4) is 0 Å². The number of nitro groups is 1. The van der Waals surface area contributed by atoms with Crippen molar-refractivity contribution in [3.63, 3.8) is 0 Å². The molecule has 1 aromatic rings. The van der Waals surface area contributed by atoms with E-state index in [0.717, 1.165) is 5.56 Å². The third-order valence-corrected chi connectivity index (χ3v) is 1.72. The van der Waals surface area contributed by atoms with Gasteiger partial charge in [0, 0.05) is 12.3 Å². The summed E-state index contributed by atoms with van der Waals surface area (Å²) in [5, 5.41) is 13.5. The minimum atomic E-state index is -0.457. The van der Waals surface area contributed by atoms with Crippen LogP contribution in [0.2, 0.25) is 0 Å². The molecule has 0 atom stereocenters. The van der Waals surface area contributed by atoms with Crippen LogP contribution in [0.4, 0.5) is 11.5 Å². The molecule has 0 amide bonds. The Labute approximate surface area is 87.7 Å². The number of aromatic nitrogens is 1. The Morgan fingerprint density at radius 2 is 2.40 bits per heavy atom. The van der Waals surface area contributed by atoms with Gasteiger partial charge in [0.15, 0.2) is 0 Å². The summed E-state index contributed by atoms with van der Waals surface area (Å²) >= 11 is 0. The second-order valence-corrected chi connectivity index (χ2v) is 2.92. The van der Waals surface area contributed by atoms with E-state index in [1.165, 1.54) is 6.07 Å². The Bertz CT molecular complexity index is 432. The van der Waals surface area contributed by atoms with E-state index in [2.05, 4.69) is 22.1 Å². The Balaban J connectivity index is 2.94. The number of nitrogens with zero attached hydrogens (tertiary/aromatic N) is 2. The van der Waals surface area contributed by atoms with Crippen LogP contribution in [0.1, 0.15) is 12.5 Å². The van der Waals surface area contributed by atoms with E-state index in [0.29, 0.717) is 6.54 Å². The molecule has 78 valence electrons. The maximum absolute atomic E-state index is 10.7. The molecule has 0 bridgehead atoms. The van der Waals surface area contributed by atoms with Crippen LogP contribution in [0.5, 0.6) is 0 Å². The van der Waals surface area contributed by atoms with Crippen molar-refractivity contribution in [3.8, 4) is 11.8 Å². The molecule has 0 unspecified atom stereocenters. The SMILES string of the molecule is CC#CCNc1ncc(C)cc1[N+](=O)[O-]. The highest BCUT2D eigenvalue weighted by molar-refractivity contribution is 5.56. The van der Waals surface area contributed by atoms with Crippen molar-refractivity contribution in [2.75, 3.05) is 11.9 Å². The molecule has 1 heterocycles. The zero-order valence-electron chi connectivity index (χ0n) is 8.57. The zero-order valence-corrected chi connectivity index (χ0v) is 8.57. The zero-order chi connectivity index (χ0) is 11.3. The summed E-state index contributed by atoms with van der Waals surface area (Å²) in [6, 6.07) is 1.48. The number of hydrogen-bond donors (Lipinski definition) is 1. The van der Waals surface area contributed by atoms with E-state index in [1.54, 1.807) is 20.0 Å². The molecule has 1 rings (SSSR count). The Morgan fingerprint density at radius 3 is 3.00 bits per heavy atom. The lowest BCUT2D eigenvalue weighted by atomic mass is 10.3. The molecule has 0 fully saturated rings. The van der Waals surface area contributed by atoms with Gasteiger partial charge in [0.1, 0.15) is 0 Å². The molecule has 0 aliphatic carbocycles. The second-order valence-electron chi connectivity index (χ2n) is 2.92. The molecule has 5 heteroatoms. The number of hydrogen-bond acceptors (Lipinski definition) is 4. The first-order valence-electron chi connectivity index (χ1n) is 4.39. The molecule has 0 aromatic carbocycles. The van der Waals surface area contributed by atoms with Gasteiger partial charge in [-0.25, -0.2) is 4.98 Å². The summed E-state index contributed by atoms with van der Waals surface area (Å²) in [5.74, 6) is 5.70. The molecule has 0 aliphatic rings. The summed E-state index contributed by atoms with van der Waals surface area (Å²) in [7, 11) is 0. The van der Waals surface area contributed by atoms with E-state index in [-0.39, 0.29) is 11.5 Å². The van der Waals surface area contributed by atoms with Crippen LogP contribution in [0.15, 0.2) is 12.3 Å². The van der Waals surface area contributed by atoms with Gasteiger partial charge in [0.2, 0.25) is 5.82 Å². The van der Waals surface area contributed by atoms with Crippen LogP contribution in [0, 0.1) is 28.9 Å². The van der Waals surface area contributed by atoms with Crippen molar-refractivity contribution in [3.05, 3.63) is 27.9 Å². The maximum atomic E-state index is 10.7. The van der Waals surface area contributed by atoms with Gasteiger partial charge in [-0.1, -0.05) is 5.92 Å². The Kier molecular flexibility index (Phi) is 3.63. The summed E-state index contributed by atoms with van der Waals surface area (Å²) in [6.45, 7) is 3.82. The standard InChI is InChI=1S/C10H11N3O2/c1-3-4-5-11-10-9(13(14)15)6-8(2)7-12-10/h6-7H,5H2,1-2H3,(H,11,12). The lowest BCUT2D eigenvalue weighted by molar-refractivity contribution is -0.384. The molecule has 0 saturated heterocycles. The summed E-state index contributed by atoms with van der Waals surface area (Å²) in [4.78, 5) is 14.2. The fourth-order valence-corrected chi connectivity index (χ4v) is 1.05. The van der Waals surface area contributed by atoms with Crippen molar-refractivity contribution < 1.29 is 4.92 Å². The van der Waals surface area contributed by atoms with Gasteiger partial charge in [-0.05, 0) is 19.4 Å². The van der Waals surface area contributed by atoms with Crippen molar-refractivity contribution >= 4 is 11.5 Å². The summed E-state index contributed by atoms with van der Waals surface area (Å²) in [5.41, 5.74) is 0.738. The molecule has 15 heavy (non-hydrogen) atoms. The normalized spacial score (nSPS) is 8.93. The summed E-state index contributed by atoms with van der Waals surface area (Å²) < 4.78 is 0. The van der Waals surface area contributed by atoms with Gasteiger partial charge in [-0.2, -0.15) is 0 Å². The number of pyridine rings is 1. The highest BCUT2D eigenvalue weighted by Gasteiger charge is 2.14. The van der Waals surface area contributed by atoms with E-state index in [1.807, 2.05) is 0 Å². The molecular weight excluding hydrogens is 194 g/mol. The van der Waals surface area contributed by atoms with Gasteiger partial charge in [-0.3, -0.25) is 10.1 Å². The molecule has 0 spiro atoms. The highest BCUT2D eigenvalue weighted by atomic mass is 16.6. The largest absolute Gasteiger partial charge is 0.353 e. The molecule has 1 aromatic heterocycles. The lowest BCUT2D eigenvalue weighted by Gasteiger charge is -2.02. The van der Waals surface area contributed by atoms with Gasteiger partial charge < -0.3 is 5.32 Å². The molecule has 0 saturated carbocycles. The van der Waals surface area contributed by atoms with E-state index >= 15 is 0 Å². The average Bonchev–Trinajstić information content (AvgIpc) is 2.20. The number of rotatable bonds is 3. The monoisotopic (exact) mass is 205 g/mol. The Morgan fingerprint density at radius 1 is 1.67 bits per heavy atom. The van der Waals surface area contributed by atoms with E-state index in [9.17, 15) is 10.1 Å². The summed E-state index contributed by atoms with van der Waals surface area (Å²) in [6.07, 6.45) is 1.58. The average molecular weight is 205 g/mol. The van der Waals surface area contributed by atoms with E-state index < -0.39 is 4.92 Å². The van der Waals surface area contributed by atoms with Gasteiger partial charge >= 0.3 is 5.69 Å². The maximum Gasteiger partial charge on any atom is 0.311 e. The van der Waals surface area contributed by atoms with Crippen LogP contribution >= 0.6 is 0 Å². The lowest BCUT2D eigenvalue weighted by Crippen LogP contribution is -2.04. The second kappa shape index (κ2) is 4.96. The smallest absolute Gasteiger partial charge is 0.311 e. The van der Waals surface area contributed by atoms with Crippen LogP contribution < -0.4 is 5.32 Å². The quantitative estimate of drug-likeness (QED) is 0.463. The van der Waals surface area contributed by atoms with Gasteiger partial charge in [-0.15, -0.1) is 5.92 Å². The van der Waals surface area contributed by atoms with Crippen molar-refractivity contribution in [2.24, 2.45) is 0 Å².